The van der Waals surface area contributed by atoms with Crippen LogP contribution < -0.4 is 0 Å². The summed E-state index contributed by atoms with van der Waals surface area (Å²) in [5, 5.41) is 25.0. The third-order valence-electron chi connectivity index (χ3n) is 3.28. The molecule has 1 fully saturated rings. The van der Waals surface area contributed by atoms with Crippen molar-refractivity contribution in [2.45, 2.75) is 32.1 Å². The van der Waals surface area contributed by atoms with E-state index in [1.54, 1.807) is 30.3 Å². The Hall–Kier alpha value is -2.84. The van der Waals surface area contributed by atoms with E-state index >= 15 is 0 Å². The summed E-state index contributed by atoms with van der Waals surface area (Å²) in [6.07, 6.45) is -0.156. The van der Waals surface area contributed by atoms with E-state index in [0.717, 1.165) is 5.01 Å². The zero-order valence-corrected chi connectivity index (χ0v) is 12.5. The molecule has 1 N–H and O–H groups in total. The van der Waals surface area contributed by atoms with Crippen molar-refractivity contribution in [3.8, 4) is 0 Å². The Bertz CT molecular complexity index is 591. The minimum Gasteiger partial charge on any atom is -0.569 e. The smallest absolute Gasteiger partial charge is 0.341 e. The van der Waals surface area contributed by atoms with Crippen molar-refractivity contribution >= 4 is 11.9 Å². The van der Waals surface area contributed by atoms with Crippen molar-refractivity contribution in [3.63, 3.8) is 0 Å². The number of hydrazine groups is 1. The number of aliphatic carboxylic acids is 1. The standard InChI is InChI=1S/C14H17N3O6/c1-10(22-14(20)11-6-3-2-4-7-11)23-15-17(21)16-9-5-8-12(16)13(18)19/h2-4,6-7,10,12H,5,8-9H2,1H3,(H,18,19)/b17-15+/t10?,12-/m0/s1. The minimum atomic E-state index is -1.10. The van der Waals surface area contributed by atoms with E-state index < -0.39 is 24.3 Å². The molecule has 1 aliphatic rings. The molecule has 1 heterocycles. The molecule has 2 rings (SSSR count). The van der Waals surface area contributed by atoms with Crippen LogP contribution >= 0.6 is 0 Å². The van der Waals surface area contributed by atoms with Gasteiger partial charge in [-0.2, -0.15) is 0 Å². The van der Waals surface area contributed by atoms with Crippen molar-refractivity contribution < 1.29 is 29.2 Å². The first kappa shape index (κ1) is 16.5. The number of carboxylic acids is 1. The predicted octanol–water partition coefficient (Wildman–Crippen LogP) is 1.55. The van der Waals surface area contributed by atoms with Gasteiger partial charge in [0.2, 0.25) is 5.28 Å². The lowest BCUT2D eigenvalue weighted by Gasteiger charge is -2.17. The highest BCUT2D eigenvalue weighted by Gasteiger charge is 2.37. The van der Waals surface area contributed by atoms with E-state index in [9.17, 15) is 14.8 Å². The third-order valence-corrected chi connectivity index (χ3v) is 3.28. The van der Waals surface area contributed by atoms with Crippen LogP contribution in [-0.2, 0) is 14.4 Å². The van der Waals surface area contributed by atoms with Crippen LogP contribution in [0.25, 0.3) is 0 Å². The van der Waals surface area contributed by atoms with Crippen LogP contribution in [0.15, 0.2) is 35.6 Å². The summed E-state index contributed by atoms with van der Waals surface area (Å²) in [7, 11) is 0. The predicted molar refractivity (Wildman–Crippen MR) is 75.8 cm³/mol. The molecule has 0 amide bonds. The molecule has 23 heavy (non-hydrogen) atoms. The summed E-state index contributed by atoms with van der Waals surface area (Å²) in [6, 6.07) is 7.36. The number of rotatable bonds is 6. The van der Waals surface area contributed by atoms with Gasteiger partial charge in [-0.15, -0.1) is 5.01 Å². The van der Waals surface area contributed by atoms with E-state index in [4.69, 9.17) is 14.7 Å². The summed E-state index contributed by atoms with van der Waals surface area (Å²) >= 11 is 0. The van der Waals surface area contributed by atoms with Gasteiger partial charge in [0.25, 0.3) is 6.29 Å². The topological polar surface area (TPSA) is 114 Å². The summed E-state index contributed by atoms with van der Waals surface area (Å²) in [5.74, 6) is -1.71. The van der Waals surface area contributed by atoms with Gasteiger partial charge in [-0.1, -0.05) is 18.2 Å². The average molecular weight is 323 g/mol. The molecule has 1 saturated heterocycles. The van der Waals surface area contributed by atoms with Crippen LogP contribution in [0.1, 0.15) is 30.1 Å². The van der Waals surface area contributed by atoms with Gasteiger partial charge in [0.15, 0.2) is 6.04 Å². The number of carboxylic acid groups (broad SMARTS) is 1. The van der Waals surface area contributed by atoms with Crippen LogP contribution in [-0.4, -0.2) is 45.9 Å². The Labute approximate surface area is 132 Å². The van der Waals surface area contributed by atoms with E-state index in [0.29, 0.717) is 18.4 Å². The first-order chi connectivity index (χ1) is 11.0. The van der Waals surface area contributed by atoms with Gasteiger partial charge in [0.05, 0.1) is 17.1 Å². The van der Waals surface area contributed by atoms with Crippen LogP contribution in [0.5, 0.6) is 0 Å². The molecular weight excluding hydrogens is 306 g/mol. The molecule has 1 aromatic rings. The minimum absolute atomic E-state index is 0.0820. The van der Waals surface area contributed by atoms with Gasteiger partial charge in [-0.05, 0) is 25.0 Å². The molecule has 124 valence electrons. The van der Waals surface area contributed by atoms with Gasteiger partial charge in [-0.25, -0.2) is 9.59 Å². The quantitative estimate of drug-likeness (QED) is 0.278. The summed E-state index contributed by atoms with van der Waals surface area (Å²) < 4.78 is 4.97. The molecule has 0 bridgehead atoms. The summed E-state index contributed by atoms with van der Waals surface area (Å²) in [4.78, 5) is 27.7. The lowest BCUT2D eigenvalue weighted by molar-refractivity contribution is -0.714. The Kier molecular flexibility index (Phi) is 5.34. The molecular formula is C14H17N3O6. The maximum Gasteiger partial charge on any atom is 0.341 e. The summed E-state index contributed by atoms with van der Waals surface area (Å²) in [6.45, 7) is 1.67. The van der Waals surface area contributed by atoms with Crippen molar-refractivity contribution in [1.82, 2.24) is 5.01 Å². The number of esters is 1. The first-order valence-electron chi connectivity index (χ1n) is 7.08. The molecule has 1 unspecified atom stereocenters. The number of benzene rings is 1. The van der Waals surface area contributed by atoms with Gasteiger partial charge in [0, 0.05) is 6.92 Å². The van der Waals surface area contributed by atoms with Crippen LogP contribution in [0.4, 0.5) is 0 Å². The molecule has 9 heteroatoms. The lowest BCUT2D eigenvalue weighted by atomic mass is 10.2. The third kappa shape index (κ3) is 4.31. The Morgan fingerprint density at radius 3 is 2.78 bits per heavy atom. The van der Waals surface area contributed by atoms with Crippen molar-refractivity contribution in [3.05, 3.63) is 41.1 Å². The number of ether oxygens (including phenoxy) is 1. The zero-order valence-electron chi connectivity index (χ0n) is 12.5. The molecule has 0 aromatic heterocycles. The van der Waals surface area contributed by atoms with Gasteiger partial charge in [0.1, 0.15) is 0 Å². The molecule has 1 aromatic carbocycles. The number of carbonyl (C=O) groups is 2. The number of nitrogens with zero attached hydrogens (tertiary/aromatic N) is 3. The Morgan fingerprint density at radius 1 is 1.43 bits per heavy atom. The fourth-order valence-corrected chi connectivity index (χ4v) is 2.18. The highest BCUT2D eigenvalue weighted by molar-refractivity contribution is 5.89. The molecule has 0 saturated carbocycles. The Balaban J connectivity index is 1.89. The Morgan fingerprint density at radius 2 is 2.13 bits per heavy atom. The zero-order chi connectivity index (χ0) is 16.8. The van der Waals surface area contributed by atoms with Crippen LogP contribution in [0.3, 0.4) is 0 Å². The average Bonchev–Trinajstić information content (AvgIpc) is 3.03. The largest absolute Gasteiger partial charge is 0.569 e. The second-order valence-corrected chi connectivity index (χ2v) is 4.94. The molecule has 2 atom stereocenters. The van der Waals surface area contributed by atoms with E-state index in [-0.39, 0.29) is 11.5 Å². The molecule has 0 spiro atoms. The first-order valence-corrected chi connectivity index (χ1v) is 7.08. The maximum absolute atomic E-state index is 11.8. The molecule has 1 aliphatic heterocycles. The highest BCUT2D eigenvalue weighted by Crippen LogP contribution is 2.17. The number of hydrogen-bond acceptors (Lipinski definition) is 6. The SMILES string of the molecule is CC(O/N=[N+](/[O-])N1CCC[C@H]1C(=O)O)OC(=O)c1ccccc1. The number of carbonyl (C=O) groups excluding carboxylic acids is 1. The van der Waals surface area contributed by atoms with Gasteiger partial charge in [-0.3, -0.25) is 4.84 Å². The van der Waals surface area contributed by atoms with Crippen LogP contribution in [0.2, 0.25) is 0 Å². The van der Waals surface area contributed by atoms with Crippen LogP contribution in [0, 0.1) is 5.21 Å². The van der Waals surface area contributed by atoms with E-state index in [1.165, 1.54) is 6.92 Å². The second-order valence-electron chi connectivity index (χ2n) is 4.94. The van der Waals surface area contributed by atoms with Crippen molar-refractivity contribution in [1.29, 1.82) is 0 Å². The molecule has 0 radical (unpaired) electrons. The molecule has 0 aliphatic carbocycles. The fraction of sp³-hybridized carbons (Fsp3) is 0.429. The normalized spacial score (nSPS) is 19.3. The monoisotopic (exact) mass is 323 g/mol. The van der Waals surface area contributed by atoms with Crippen molar-refractivity contribution in [2.24, 2.45) is 5.28 Å². The lowest BCUT2D eigenvalue weighted by Crippen LogP contribution is -2.40. The van der Waals surface area contributed by atoms with E-state index in [1.807, 2.05) is 0 Å². The summed E-state index contributed by atoms with van der Waals surface area (Å²) in [5.41, 5.74) is 0.340. The highest BCUT2D eigenvalue weighted by atomic mass is 16.8. The number of hydrogen-bond donors (Lipinski definition) is 1. The fourth-order valence-electron chi connectivity index (χ4n) is 2.18. The van der Waals surface area contributed by atoms with Crippen molar-refractivity contribution in [2.75, 3.05) is 6.54 Å². The molecule has 9 nitrogen and oxygen atoms in total. The van der Waals surface area contributed by atoms with Gasteiger partial charge >= 0.3 is 11.9 Å². The van der Waals surface area contributed by atoms with Gasteiger partial charge < -0.3 is 15.1 Å². The maximum atomic E-state index is 11.8. The van der Waals surface area contributed by atoms with E-state index in [2.05, 4.69) is 5.28 Å². The second kappa shape index (κ2) is 7.43.